The molecule has 0 spiro atoms. The van der Waals surface area contributed by atoms with E-state index in [2.05, 4.69) is 22.1 Å². The van der Waals surface area contributed by atoms with Gasteiger partial charge in [-0.15, -0.1) is 0 Å². The number of hydrogen-bond donors (Lipinski definition) is 1. The minimum Gasteiger partial charge on any atom is -0.353 e. The minimum absolute atomic E-state index is 0.0290. The van der Waals surface area contributed by atoms with E-state index in [0.29, 0.717) is 5.69 Å². The Balaban J connectivity index is 2.25. The van der Waals surface area contributed by atoms with Crippen LogP contribution in [0.5, 0.6) is 0 Å². The highest BCUT2D eigenvalue weighted by Crippen LogP contribution is 2.28. The molecular formula is C20H23N3O. The molecule has 1 aromatic heterocycles. The predicted octanol–water partition coefficient (Wildman–Crippen LogP) is 4.49. The molecule has 124 valence electrons. The first-order valence-corrected chi connectivity index (χ1v) is 8.13. The van der Waals surface area contributed by atoms with E-state index in [9.17, 15) is 4.79 Å². The fourth-order valence-electron chi connectivity index (χ4n) is 2.36. The molecule has 0 unspecified atom stereocenters. The number of amides is 1. The van der Waals surface area contributed by atoms with Crippen molar-refractivity contribution in [3.05, 3.63) is 59.7 Å². The van der Waals surface area contributed by atoms with Crippen LogP contribution < -0.4 is 5.32 Å². The van der Waals surface area contributed by atoms with Crippen molar-refractivity contribution in [2.24, 2.45) is 0 Å². The van der Waals surface area contributed by atoms with Crippen LogP contribution >= 0.6 is 0 Å². The van der Waals surface area contributed by atoms with Gasteiger partial charge in [0, 0.05) is 18.4 Å². The Morgan fingerprint density at radius 1 is 1.25 bits per heavy atom. The van der Waals surface area contributed by atoms with Crippen molar-refractivity contribution in [2.45, 2.75) is 45.6 Å². The Morgan fingerprint density at radius 3 is 2.50 bits per heavy atom. The first kappa shape index (κ1) is 17.7. The van der Waals surface area contributed by atoms with Crippen LogP contribution in [0.15, 0.2) is 42.7 Å². The summed E-state index contributed by atoms with van der Waals surface area (Å²) in [5.41, 5.74) is 2.76. The second-order valence-corrected chi connectivity index (χ2v) is 6.53. The van der Waals surface area contributed by atoms with Gasteiger partial charge >= 0.3 is 0 Å². The summed E-state index contributed by atoms with van der Waals surface area (Å²) in [5, 5.41) is 3.05. The Bertz CT molecular complexity index is 757. The number of nitrogens with one attached hydrogen (secondary N) is 1. The van der Waals surface area contributed by atoms with Gasteiger partial charge in [-0.3, -0.25) is 9.78 Å². The molecule has 0 fully saturated rings. The molecule has 2 rings (SSSR count). The van der Waals surface area contributed by atoms with Gasteiger partial charge < -0.3 is 5.32 Å². The maximum atomic E-state index is 12.5. The van der Waals surface area contributed by atoms with Gasteiger partial charge in [0.1, 0.15) is 0 Å². The molecule has 1 aromatic carbocycles. The molecule has 1 atom stereocenters. The second kappa shape index (κ2) is 7.27. The number of aromatic nitrogens is 1. The third kappa shape index (κ3) is 3.80. The highest BCUT2D eigenvalue weighted by Gasteiger charge is 2.30. The fraction of sp³-hybridized carbons (Fsp3) is 0.350. The van der Waals surface area contributed by atoms with Gasteiger partial charge in [-0.25, -0.2) is 4.85 Å². The molecule has 1 heterocycles. The van der Waals surface area contributed by atoms with Gasteiger partial charge in [-0.05, 0) is 49.9 Å². The largest absolute Gasteiger partial charge is 0.353 e. The molecule has 0 saturated heterocycles. The molecule has 0 radical (unpaired) electrons. The van der Waals surface area contributed by atoms with E-state index in [1.807, 2.05) is 51.1 Å². The van der Waals surface area contributed by atoms with E-state index < -0.39 is 5.41 Å². The van der Waals surface area contributed by atoms with Crippen molar-refractivity contribution in [3.63, 3.8) is 0 Å². The van der Waals surface area contributed by atoms with Gasteiger partial charge in [0.2, 0.25) is 11.6 Å². The Labute approximate surface area is 143 Å². The number of hydrogen-bond acceptors (Lipinski definition) is 2. The predicted molar refractivity (Wildman–Crippen MR) is 96.9 cm³/mol. The Hall–Kier alpha value is -2.67. The normalized spacial score (nSPS) is 12.3. The first-order chi connectivity index (χ1) is 11.4. The summed E-state index contributed by atoms with van der Waals surface area (Å²) in [6.07, 6.45) is 4.20. The summed E-state index contributed by atoms with van der Waals surface area (Å²) in [5.74, 6) is 0.0290. The lowest BCUT2D eigenvalue weighted by Gasteiger charge is -2.26. The standard InChI is InChI=1S/C20H23N3O/c1-6-14(2)23-19(24)20(3,4)17-9-7-15(8-10-17)16-11-18(21-5)13-22-12-16/h7-14H,6H2,1-4H3,(H,23,24)/t14-/m1/s1. The summed E-state index contributed by atoms with van der Waals surface area (Å²) in [6, 6.07) is 9.86. The Morgan fingerprint density at radius 2 is 1.92 bits per heavy atom. The smallest absolute Gasteiger partial charge is 0.230 e. The number of nitrogens with zero attached hydrogens (tertiary/aromatic N) is 2. The van der Waals surface area contributed by atoms with Crippen LogP contribution in [0, 0.1) is 6.57 Å². The van der Waals surface area contributed by atoms with Crippen LogP contribution in [0.25, 0.3) is 16.0 Å². The third-order valence-corrected chi connectivity index (χ3v) is 4.35. The zero-order chi connectivity index (χ0) is 17.7. The molecule has 4 heteroatoms. The van der Waals surface area contributed by atoms with Crippen molar-refractivity contribution in [1.82, 2.24) is 10.3 Å². The van der Waals surface area contributed by atoms with Gasteiger partial charge in [0.25, 0.3) is 0 Å². The third-order valence-electron chi connectivity index (χ3n) is 4.35. The fourth-order valence-corrected chi connectivity index (χ4v) is 2.36. The number of carbonyl (C=O) groups excluding carboxylic acids is 1. The van der Waals surface area contributed by atoms with Crippen molar-refractivity contribution < 1.29 is 4.79 Å². The van der Waals surface area contributed by atoms with E-state index in [1.165, 1.54) is 0 Å². The molecule has 4 nitrogen and oxygen atoms in total. The van der Waals surface area contributed by atoms with E-state index in [0.717, 1.165) is 23.1 Å². The molecule has 0 aliphatic heterocycles. The summed E-state index contributed by atoms with van der Waals surface area (Å²) in [6.45, 7) is 15.0. The van der Waals surface area contributed by atoms with E-state index >= 15 is 0 Å². The molecule has 1 N–H and O–H groups in total. The molecule has 1 amide bonds. The zero-order valence-electron chi connectivity index (χ0n) is 14.6. The minimum atomic E-state index is -0.599. The quantitative estimate of drug-likeness (QED) is 0.825. The maximum absolute atomic E-state index is 12.5. The van der Waals surface area contributed by atoms with E-state index in [1.54, 1.807) is 12.4 Å². The lowest BCUT2D eigenvalue weighted by atomic mass is 9.83. The van der Waals surface area contributed by atoms with Gasteiger partial charge in [-0.1, -0.05) is 31.2 Å². The summed E-state index contributed by atoms with van der Waals surface area (Å²) in [4.78, 5) is 20.0. The maximum Gasteiger partial charge on any atom is 0.230 e. The topological polar surface area (TPSA) is 46.4 Å². The van der Waals surface area contributed by atoms with Crippen LogP contribution in [-0.4, -0.2) is 16.9 Å². The van der Waals surface area contributed by atoms with Crippen molar-refractivity contribution in [3.8, 4) is 11.1 Å². The number of pyridine rings is 1. The molecule has 2 aromatic rings. The number of carbonyl (C=O) groups is 1. The molecule has 24 heavy (non-hydrogen) atoms. The van der Waals surface area contributed by atoms with Gasteiger partial charge in [0.05, 0.1) is 12.0 Å². The number of rotatable bonds is 5. The zero-order valence-corrected chi connectivity index (χ0v) is 14.6. The van der Waals surface area contributed by atoms with Gasteiger partial charge in [0.15, 0.2) is 0 Å². The molecule has 0 saturated carbocycles. The second-order valence-electron chi connectivity index (χ2n) is 6.53. The monoisotopic (exact) mass is 321 g/mol. The summed E-state index contributed by atoms with van der Waals surface area (Å²) in [7, 11) is 0. The molecule has 0 aliphatic carbocycles. The van der Waals surface area contributed by atoms with E-state index in [4.69, 9.17) is 6.57 Å². The van der Waals surface area contributed by atoms with Crippen molar-refractivity contribution in [2.75, 3.05) is 0 Å². The summed E-state index contributed by atoms with van der Waals surface area (Å²) >= 11 is 0. The van der Waals surface area contributed by atoms with Crippen LogP contribution in [-0.2, 0) is 10.2 Å². The number of benzene rings is 1. The highest BCUT2D eigenvalue weighted by atomic mass is 16.2. The van der Waals surface area contributed by atoms with Gasteiger partial charge in [-0.2, -0.15) is 0 Å². The average Bonchev–Trinajstić information content (AvgIpc) is 2.61. The van der Waals surface area contributed by atoms with E-state index in [-0.39, 0.29) is 11.9 Å². The van der Waals surface area contributed by atoms with Crippen LogP contribution in [0.2, 0.25) is 0 Å². The average molecular weight is 321 g/mol. The van der Waals surface area contributed by atoms with Crippen LogP contribution in [0.1, 0.15) is 39.7 Å². The molecule has 0 aliphatic rings. The summed E-state index contributed by atoms with van der Waals surface area (Å²) < 4.78 is 0. The van der Waals surface area contributed by atoms with Crippen molar-refractivity contribution >= 4 is 11.6 Å². The molecule has 0 bridgehead atoms. The highest BCUT2D eigenvalue weighted by molar-refractivity contribution is 5.87. The lowest BCUT2D eigenvalue weighted by Crippen LogP contribution is -2.43. The van der Waals surface area contributed by atoms with Crippen molar-refractivity contribution in [1.29, 1.82) is 0 Å². The SMILES string of the molecule is [C-]#[N+]c1cncc(-c2ccc(C(C)(C)C(=O)N[C@H](C)CC)cc2)c1. The Kier molecular flexibility index (Phi) is 5.35. The first-order valence-electron chi connectivity index (χ1n) is 8.13. The van der Waals surface area contributed by atoms with Crippen LogP contribution in [0.4, 0.5) is 5.69 Å². The van der Waals surface area contributed by atoms with Crippen LogP contribution in [0.3, 0.4) is 0 Å². The lowest BCUT2D eigenvalue weighted by molar-refractivity contribution is -0.126. The molecular weight excluding hydrogens is 298 g/mol.